The second-order valence-electron chi connectivity index (χ2n) is 2.58. The van der Waals surface area contributed by atoms with E-state index < -0.39 is 12.6 Å². The van der Waals surface area contributed by atoms with Crippen molar-refractivity contribution in [1.82, 2.24) is 4.98 Å². The van der Waals surface area contributed by atoms with Crippen LogP contribution in [-0.4, -0.2) is 28.4 Å². The van der Waals surface area contributed by atoms with Crippen LogP contribution in [0, 0.1) is 0 Å². The summed E-state index contributed by atoms with van der Waals surface area (Å²) in [5.41, 5.74) is 1.47. The lowest BCUT2D eigenvalue weighted by Crippen LogP contribution is -2.05. The van der Waals surface area contributed by atoms with Gasteiger partial charge in [0.2, 0.25) is 6.61 Å². The Balaban J connectivity index is 2.57. The second-order valence-corrected chi connectivity index (χ2v) is 2.58. The fraction of sp³-hybridized carbons (Fsp3) is 0.222. The third-order valence-corrected chi connectivity index (χ3v) is 1.49. The molecule has 0 amide bonds. The van der Waals surface area contributed by atoms with Crippen molar-refractivity contribution < 1.29 is 14.7 Å². The molecule has 0 saturated carbocycles. The van der Waals surface area contributed by atoms with Gasteiger partial charge in [-0.3, -0.25) is 4.98 Å². The fourth-order valence-electron chi connectivity index (χ4n) is 0.830. The number of oxime groups is 1. The molecule has 0 unspecified atom stereocenters. The first-order chi connectivity index (χ1) is 6.70. The van der Waals surface area contributed by atoms with Crippen molar-refractivity contribution in [2.24, 2.45) is 5.16 Å². The van der Waals surface area contributed by atoms with Gasteiger partial charge in [-0.25, -0.2) is 4.79 Å². The molecule has 1 rings (SSSR count). The van der Waals surface area contributed by atoms with Gasteiger partial charge in [-0.2, -0.15) is 0 Å². The molecule has 0 spiro atoms. The average Bonchev–Trinajstić information content (AvgIpc) is 2.18. The highest BCUT2D eigenvalue weighted by atomic mass is 16.6. The van der Waals surface area contributed by atoms with Crippen molar-refractivity contribution in [2.75, 3.05) is 6.61 Å². The maximum Gasteiger partial charge on any atom is 0.344 e. The molecule has 5 nitrogen and oxygen atoms in total. The van der Waals surface area contributed by atoms with Crippen LogP contribution in [0.5, 0.6) is 0 Å². The molecule has 0 fully saturated rings. The Morgan fingerprint density at radius 2 is 2.21 bits per heavy atom. The molecule has 1 aromatic rings. The Bertz CT molecular complexity index is 335. The first kappa shape index (κ1) is 10.2. The van der Waals surface area contributed by atoms with Gasteiger partial charge in [0.25, 0.3) is 0 Å². The van der Waals surface area contributed by atoms with Crippen molar-refractivity contribution in [3.63, 3.8) is 0 Å². The Labute approximate surface area is 81.0 Å². The molecule has 0 aliphatic carbocycles. The Kier molecular flexibility index (Phi) is 3.60. The van der Waals surface area contributed by atoms with Crippen LogP contribution >= 0.6 is 0 Å². The molecule has 0 aromatic carbocycles. The predicted molar refractivity (Wildman–Crippen MR) is 50.0 cm³/mol. The van der Waals surface area contributed by atoms with E-state index in [4.69, 9.17) is 5.11 Å². The van der Waals surface area contributed by atoms with Crippen LogP contribution in [-0.2, 0) is 9.63 Å². The van der Waals surface area contributed by atoms with Crippen LogP contribution in [0.25, 0.3) is 0 Å². The zero-order valence-electron chi connectivity index (χ0n) is 7.67. The van der Waals surface area contributed by atoms with Crippen molar-refractivity contribution in [1.29, 1.82) is 0 Å². The SMILES string of the molecule is CC(=NOCC(=O)O)c1ccncc1. The lowest BCUT2D eigenvalue weighted by molar-refractivity contribution is -0.142. The van der Waals surface area contributed by atoms with Crippen LogP contribution in [0.3, 0.4) is 0 Å². The Morgan fingerprint density at radius 1 is 1.57 bits per heavy atom. The summed E-state index contributed by atoms with van der Waals surface area (Å²) in [6.07, 6.45) is 3.26. The minimum absolute atomic E-state index is 0.428. The molecular weight excluding hydrogens is 184 g/mol. The van der Waals surface area contributed by atoms with E-state index in [1.165, 1.54) is 0 Å². The number of hydrogen-bond donors (Lipinski definition) is 1. The molecule has 74 valence electrons. The molecule has 0 radical (unpaired) electrons. The van der Waals surface area contributed by atoms with E-state index in [2.05, 4.69) is 15.0 Å². The van der Waals surface area contributed by atoms with E-state index in [-0.39, 0.29) is 0 Å². The van der Waals surface area contributed by atoms with Gasteiger partial charge < -0.3 is 9.94 Å². The van der Waals surface area contributed by atoms with Crippen LogP contribution in [0.4, 0.5) is 0 Å². The molecule has 0 bridgehead atoms. The number of nitrogens with zero attached hydrogens (tertiary/aromatic N) is 2. The molecule has 14 heavy (non-hydrogen) atoms. The smallest absolute Gasteiger partial charge is 0.344 e. The summed E-state index contributed by atoms with van der Waals surface area (Å²) in [7, 11) is 0. The van der Waals surface area contributed by atoms with Crippen molar-refractivity contribution in [2.45, 2.75) is 6.92 Å². The van der Waals surface area contributed by atoms with Gasteiger partial charge in [-0.1, -0.05) is 5.16 Å². The van der Waals surface area contributed by atoms with Gasteiger partial charge in [0.15, 0.2) is 0 Å². The summed E-state index contributed by atoms with van der Waals surface area (Å²) in [6.45, 7) is 1.31. The number of carbonyl (C=O) groups is 1. The van der Waals surface area contributed by atoms with E-state index in [1.54, 1.807) is 31.5 Å². The van der Waals surface area contributed by atoms with Crippen LogP contribution in [0.2, 0.25) is 0 Å². The molecule has 0 atom stereocenters. The molecule has 0 saturated heterocycles. The number of carboxylic acids is 1. The number of hydrogen-bond acceptors (Lipinski definition) is 4. The van der Waals surface area contributed by atoms with Gasteiger partial charge in [0.1, 0.15) is 0 Å². The number of pyridine rings is 1. The van der Waals surface area contributed by atoms with Gasteiger partial charge in [0, 0.05) is 18.0 Å². The van der Waals surface area contributed by atoms with Crippen molar-refractivity contribution >= 4 is 11.7 Å². The minimum Gasteiger partial charge on any atom is -0.479 e. The second kappa shape index (κ2) is 4.96. The van der Waals surface area contributed by atoms with Gasteiger partial charge >= 0.3 is 5.97 Å². The summed E-state index contributed by atoms with van der Waals surface area (Å²) in [5, 5.41) is 11.9. The van der Waals surface area contributed by atoms with Crippen molar-refractivity contribution in [3.8, 4) is 0 Å². The average molecular weight is 194 g/mol. The number of aromatic nitrogens is 1. The molecule has 0 aliphatic heterocycles. The third kappa shape index (κ3) is 3.22. The quantitative estimate of drug-likeness (QED) is 0.571. The Morgan fingerprint density at radius 3 is 2.79 bits per heavy atom. The predicted octanol–water partition coefficient (Wildman–Crippen LogP) is 0.907. The minimum atomic E-state index is -1.05. The van der Waals surface area contributed by atoms with Crippen LogP contribution < -0.4 is 0 Å². The number of carboxylic acid groups (broad SMARTS) is 1. The maximum atomic E-state index is 10.1. The molecular formula is C9H10N2O3. The number of aliphatic carboxylic acids is 1. The first-order valence-electron chi connectivity index (χ1n) is 3.99. The van der Waals surface area contributed by atoms with E-state index in [9.17, 15) is 4.79 Å². The molecule has 5 heteroatoms. The Hall–Kier alpha value is -1.91. The summed E-state index contributed by atoms with van der Waals surface area (Å²) in [4.78, 5) is 18.5. The van der Waals surface area contributed by atoms with Gasteiger partial charge in [0.05, 0.1) is 5.71 Å². The largest absolute Gasteiger partial charge is 0.479 e. The number of rotatable bonds is 4. The monoisotopic (exact) mass is 194 g/mol. The first-order valence-corrected chi connectivity index (χ1v) is 3.99. The molecule has 1 aromatic heterocycles. The third-order valence-electron chi connectivity index (χ3n) is 1.49. The lowest BCUT2D eigenvalue weighted by Gasteiger charge is -1.99. The summed E-state index contributed by atoms with van der Waals surface area (Å²) in [6, 6.07) is 3.53. The lowest BCUT2D eigenvalue weighted by atomic mass is 10.2. The van der Waals surface area contributed by atoms with Gasteiger partial charge in [-0.05, 0) is 19.1 Å². The van der Waals surface area contributed by atoms with E-state index >= 15 is 0 Å². The zero-order chi connectivity index (χ0) is 10.4. The molecule has 1 N–H and O–H groups in total. The van der Waals surface area contributed by atoms with Gasteiger partial charge in [-0.15, -0.1) is 0 Å². The van der Waals surface area contributed by atoms with Crippen LogP contribution in [0.15, 0.2) is 29.7 Å². The zero-order valence-corrected chi connectivity index (χ0v) is 7.67. The summed E-state index contributed by atoms with van der Waals surface area (Å²) < 4.78 is 0. The highest BCUT2D eigenvalue weighted by Gasteiger charge is 1.98. The highest BCUT2D eigenvalue weighted by Crippen LogP contribution is 1.98. The highest BCUT2D eigenvalue weighted by molar-refractivity contribution is 5.98. The van der Waals surface area contributed by atoms with Crippen molar-refractivity contribution in [3.05, 3.63) is 30.1 Å². The van der Waals surface area contributed by atoms with E-state index in [0.717, 1.165) is 5.56 Å². The molecule has 0 aliphatic rings. The maximum absolute atomic E-state index is 10.1. The summed E-state index contributed by atoms with van der Waals surface area (Å²) >= 11 is 0. The van der Waals surface area contributed by atoms with Crippen LogP contribution in [0.1, 0.15) is 12.5 Å². The topological polar surface area (TPSA) is 71.8 Å². The standard InChI is InChI=1S/C9H10N2O3/c1-7(11-14-6-9(12)13)8-2-4-10-5-3-8/h2-5H,6H2,1H3,(H,12,13). The summed E-state index contributed by atoms with van der Waals surface area (Å²) in [5.74, 6) is -1.05. The van der Waals surface area contributed by atoms with E-state index in [1.807, 2.05) is 0 Å². The fourth-order valence-corrected chi connectivity index (χ4v) is 0.830. The molecule has 1 heterocycles. The van der Waals surface area contributed by atoms with E-state index in [0.29, 0.717) is 5.71 Å². The normalized spacial score (nSPS) is 11.1.